The van der Waals surface area contributed by atoms with Crippen molar-refractivity contribution in [1.29, 1.82) is 0 Å². The number of rotatable bonds is 10. The number of hydrogen-bond donors (Lipinski definition) is 2. The molecule has 1 aliphatic heterocycles. The number of sulfonamides is 1. The normalized spacial score (nSPS) is 15.0. The molecule has 2 amide bonds. The molecule has 2 N–H and O–H groups in total. The van der Waals surface area contributed by atoms with Gasteiger partial charge in [0, 0.05) is 25.6 Å². The van der Waals surface area contributed by atoms with E-state index < -0.39 is 10.0 Å². The molecule has 4 rings (SSSR count). The van der Waals surface area contributed by atoms with Gasteiger partial charge in [-0.2, -0.15) is 0 Å². The largest absolute Gasteiger partial charge is 0.468 e. The van der Waals surface area contributed by atoms with Crippen molar-refractivity contribution in [2.75, 3.05) is 13.1 Å². The van der Waals surface area contributed by atoms with Crippen LogP contribution in [0.2, 0.25) is 0 Å². The van der Waals surface area contributed by atoms with Gasteiger partial charge in [-0.05, 0) is 47.9 Å². The topological polar surface area (TPSA) is 109 Å². The zero-order chi connectivity index (χ0) is 24.7. The van der Waals surface area contributed by atoms with E-state index in [0.29, 0.717) is 30.8 Å². The Morgan fingerprint density at radius 3 is 2.49 bits per heavy atom. The molecule has 0 saturated carbocycles. The molecule has 0 aliphatic carbocycles. The van der Waals surface area contributed by atoms with Gasteiger partial charge in [0.1, 0.15) is 5.76 Å². The fraction of sp³-hybridized carbons (Fsp3) is 0.231. The lowest BCUT2D eigenvalue weighted by Gasteiger charge is -2.24. The van der Waals surface area contributed by atoms with Crippen LogP contribution >= 0.6 is 0 Å². The summed E-state index contributed by atoms with van der Waals surface area (Å²) in [5.41, 5.74) is 1.60. The lowest BCUT2D eigenvalue weighted by atomic mass is 10.1. The van der Waals surface area contributed by atoms with E-state index in [1.807, 2.05) is 30.3 Å². The highest BCUT2D eigenvalue weighted by molar-refractivity contribution is 7.89. The third-order valence-corrected chi connectivity index (χ3v) is 7.14. The quantitative estimate of drug-likeness (QED) is 0.422. The van der Waals surface area contributed by atoms with Crippen molar-refractivity contribution >= 4 is 27.9 Å². The molecule has 8 nitrogen and oxygen atoms in total. The lowest BCUT2D eigenvalue weighted by Crippen LogP contribution is -2.38. The molecule has 182 valence electrons. The van der Waals surface area contributed by atoms with Gasteiger partial charge in [-0.25, -0.2) is 13.1 Å². The molecule has 2 heterocycles. The van der Waals surface area contributed by atoms with E-state index in [1.165, 1.54) is 24.5 Å². The number of furan rings is 1. The average Bonchev–Trinajstić information content (AvgIpc) is 3.54. The monoisotopic (exact) mass is 493 g/mol. The molecule has 1 aromatic heterocycles. The Morgan fingerprint density at radius 1 is 1.06 bits per heavy atom. The Morgan fingerprint density at radius 2 is 1.83 bits per heavy atom. The molecule has 0 spiro atoms. The SMILES string of the molecule is O=C(/C=C/c1ccc(S(=O)(=O)NCc2ccco2)cc1)NC(CN1CCCC1=O)c1ccccc1. The van der Waals surface area contributed by atoms with Crippen LogP contribution < -0.4 is 10.0 Å². The van der Waals surface area contributed by atoms with E-state index in [9.17, 15) is 18.0 Å². The lowest BCUT2D eigenvalue weighted by molar-refractivity contribution is -0.128. The van der Waals surface area contributed by atoms with E-state index >= 15 is 0 Å². The second kappa shape index (κ2) is 11.2. The second-order valence-electron chi connectivity index (χ2n) is 8.22. The summed E-state index contributed by atoms with van der Waals surface area (Å²) in [7, 11) is -3.69. The van der Waals surface area contributed by atoms with E-state index in [2.05, 4.69) is 10.0 Å². The third kappa shape index (κ3) is 6.68. The number of nitrogens with zero attached hydrogens (tertiary/aromatic N) is 1. The summed E-state index contributed by atoms with van der Waals surface area (Å²) in [6.07, 6.45) is 5.87. The van der Waals surface area contributed by atoms with E-state index in [0.717, 1.165) is 12.0 Å². The highest BCUT2D eigenvalue weighted by Gasteiger charge is 2.25. The van der Waals surface area contributed by atoms with Crippen LogP contribution in [-0.2, 0) is 26.2 Å². The molecule has 0 radical (unpaired) electrons. The summed E-state index contributed by atoms with van der Waals surface area (Å²) >= 11 is 0. The minimum Gasteiger partial charge on any atom is -0.468 e. The van der Waals surface area contributed by atoms with Gasteiger partial charge in [-0.3, -0.25) is 9.59 Å². The van der Waals surface area contributed by atoms with Crippen molar-refractivity contribution in [1.82, 2.24) is 14.9 Å². The minimum atomic E-state index is -3.69. The number of nitrogens with one attached hydrogen (secondary N) is 2. The minimum absolute atomic E-state index is 0.0583. The number of amides is 2. The van der Waals surface area contributed by atoms with Crippen LogP contribution in [-0.4, -0.2) is 38.2 Å². The van der Waals surface area contributed by atoms with Gasteiger partial charge in [0.05, 0.1) is 23.7 Å². The van der Waals surface area contributed by atoms with Gasteiger partial charge >= 0.3 is 0 Å². The molecule has 1 unspecified atom stereocenters. The Bertz CT molecular complexity index is 1270. The van der Waals surface area contributed by atoms with Gasteiger partial charge in [-0.1, -0.05) is 42.5 Å². The Hall–Kier alpha value is -3.69. The molecule has 35 heavy (non-hydrogen) atoms. The first-order valence-corrected chi connectivity index (χ1v) is 12.8. The maximum atomic E-state index is 12.7. The molecule has 3 aromatic rings. The zero-order valence-corrected chi connectivity index (χ0v) is 19.9. The van der Waals surface area contributed by atoms with E-state index in [4.69, 9.17) is 4.42 Å². The van der Waals surface area contributed by atoms with Crippen molar-refractivity contribution in [3.05, 3.63) is 96.0 Å². The smallest absolute Gasteiger partial charge is 0.244 e. The highest BCUT2D eigenvalue weighted by Crippen LogP contribution is 2.19. The van der Waals surface area contributed by atoms with E-state index in [-0.39, 0.29) is 29.3 Å². The van der Waals surface area contributed by atoms with Gasteiger partial charge in [0.2, 0.25) is 21.8 Å². The third-order valence-electron chi connectivity index (χ3n) is 5.73. The number of carbonyl (C=O) groups is 2. The molecule has 1 aliphatic rings. The summed E-state index contributed by atoms with van der Waals surface area (Å²) in [6.45, 7) is 1.17. The summed E-state index contributed by atoms with van der Waals surface area (Å²) in [5, 5.41) is 2.98. The Kier molecular flexibility index (Phi) is 7.79. The van der Waals surface area contributed by atoms with Crippen molar-refractivity contribution in [3.8, 4) is 0 Å². The summed E-state index contributed by atoms with van der Waals surface area (Å²) in [6, 6.07) is 18.8. The first-order valence-electron chi connectivity index (χ1n) is 11.3. The first-order chi connectivity index (χ1) is 16.9. The van der Waals surface area contributed by atoms with Crippen molar-refractivity contribution in [2.24, 2.45) is 0 Å². The van der Waals surface area contributed by atoms with Gasteiger partial charge in [-0.15, -0.1) is 0 Å². The van der Waals surface area contributed by atoms with Crippen LogP contribution in [0.15, 0.2) is 88.4 Å². The van der Waals surface area contributed by atoms with Crippen LogP contribution in [0.5, 0.6) is 0 Å². The molecule has 1 saturated heterocycles. The number of carbonyl (C=O) groups excluding carboxylic acids is 2. The maximum absolute atomic E-state index is 12.7. The van der Waals surface area contributed by atoms with Gasteiger partial charge in [0.15, 0.2) is 0 Å². The summed E-state index contributed by atoms with van der Waals surface area (Å²) in [5.74, 6) is 0.314. The van der Waals surface area contributed by atoms with Crippen LogP contribution in [0, 0.1) is 0 Å². The van der Waals surface area contributed by atoms with Crippen LogP contribution in [0.3, 0.4) is 0 Å². The average molecular weight is 494 g/mol. The Balaban J connectivity index is 1.38. The zero-order valence-electron chi connectivity index (χ0n) is 19.1. The molecule has 9 heteroatoms. The van der Waals surface area contributed by atoms with Crippen LogP contribution in [0.25, 0.3) is 6.08 Å². The molecule has 1 fully saturated rings. The predicted octanol–water partition coefficient (Wildman–Crippen LogP) is 3.25. The molecule has 2 aromatic carbocycles. The molecular formula is C26H27N3O5S. The molecule has 0 bridgehead atoms. The Labute approximate surface area is 204 Å². The van der Waals surface area contributed by atoms with Gasteiger partial charge < -0.3 is 14.6 Å². The fourth-order valence-electron chi connectivity index (χ4n) is 3.85. The van der Waals surface area contributed by atoms with Crippen LogP contribution in [0.4, 0.5) is 0 Å². The second-order valence-corrected chi connectivity index (χ2v) is 9.99. The van der Waals surface area contributed by atoms with Crippen molar-refractivity contribution in [3.63, 3.8) is 0 Å². The molecular weight excluding hydrogens is 466 g/mol. The van der Waals surface area contributed by atoms with Crippen molar-refractivity contribution < 1.29 is 22.4 Å². The number of likely N-dealkylation sites (tertiary alicyclic amines) is 1. The van der Waals surface area contributed by atoms with Crippen LogP contribution in [0.1, 0.15) is 35.8 Å². The standard InChI is InChI=1S/C26H27N3O5S/c30-25(28-24(21-6-2-1-3-7-21)19-29-16-4-9-26(29)31)15-12-20-10-13-23(14-11-20)35(32,33)27-18-22-8-5-17-34-22/h1-3,5-8,10-15,17,24,27H,4,9,16,18-19H2,(H,28,30)/b15-12+. The summed E-state index contributed by atoms with van der Waals surface area (Å²) < 4.78 is 32.6. The highest BCUT2D eigenvalue weighted by atomic mass is 32.2. The van der Waals surface area contributed by atoms with Gasteiger partial charge in [0.25, 0.3) is 0 Å². The summed E-state index contributed by atoms with van der Waals surface area (Å²) in [4.78, 5) is 26.6. The molecule has 1 atom stereocenters. The maximum Gasteiger partial charge on any atom is 0.244 e. The predicted molar refractivity (Wildman–Crippen MR) is 131 cm³/mol. The number of benzene rings is 2. The fourth-order valence-corrected chi connectivity index (χ4v) is 4.84. The van der Waals surface area contributed by atoms with Crippen molar-refractivity contribution in [2.45, 2.75) is 30.3 Å². The van der Waals surface area contributed by atoms with E-state index in [1.54, 1.807) is 35.2 Å². The number of hydrogen-bond acceptors (Lipinski definition) is 5. The first kappa shape index (κ1) is 24.4.